The molecule has 0 spiro atoms. The largest absolute Gasteiger partial charge is 0.497 e. The van der Waals surface area contributed by atoms with Gasteiger partial charge in [0.15, 0.2) is 11.4 Å². The van der Waals surface area contributed by atoms with Gasteiger partial charge in [0.1, 0.15) is 11.4 Å². The number of pyridine rings is 1. The van der Waals surface area contributed by atoms with Crippen molar-refractivity contribution >= 4 is 11.0 Å². The summed E-state index contributed by atoms with van der Waals surface area (Å²) < 4.78 is 39.4. The van der Waals surface area contributed by atoms with Gasteiger partial charge in [-0.25, -0.2) is 18.4 Å². The Bertz CT molecular complexity index is 1050. The van der Waals surface area contributed by atoms with E-state index in [-0.39, 0.29) is 5.56 Å². The van der Waals surface area contributed by atoms with Crippen molar-refractivity contribution in [2.24, 2.45) is 0 Å². The average Bonchev–Trinajstić information content (AvgIpc) is 3.29. The van der Waals surface area contributed by atoms with Crippen molar-refractivity contribution in [3.05, 3.63) is 60.0 Å². The van der Waals surface area contributed by atoms with Gasteiger partial charge in [-0.1, -0.05) is 0 Å². The Labute approximate surface area is 147 Å². The first-order valence-corrected chi connectivity index (χ1v) is 7.95. The molecule has 3 heterocycles. The Balaban J connectivity index is 1.99. The molecule has 0 atom stereocenters. The molecule has 26 heavy (non-hydrogen) atoms. The molecule has 0 saturated carbocycles. The van der Waals surface area contributed by atoms with Crippen molar-refractivity contribution in [3.63, 3.8) is 0 Å². The zero-order valence-electron chi connectivity index (χ0n) is 14.1. The lowest BCUT2D eigenvalue weighted by atomic mass is 10.1. The van der Waals surface area contributed by atoms with Gasteiger partial charge in [0, 0.05) is 5.56 Å². The first-order chi connectivity index (χ1) is 12.6. The van der Waals surface area contributed by atoms with E-state index in [2.05, 4.69) is 10.1 Å². The van der Waals surface area contributed by atoms with E-state index in [1.165, 1.54) is 12.3 Å². The maximum absolute atomic E-state index is 13.7. The lowest BCUT2D eigenvalue weighted by molar-refractivity contribution is 0.153. The Morgan fingerprint density at radius 2 is 1.92 bits per heavy atom. The molecule has 1 aromatic carbocycles. The molecule has 7 heteroatoms. The minimum absolute atomic E-state index is 0.112. The highest BCUT2D eigenvalue weighted by molar-refractivity contribution is 5.86. The van der Waals surface area contributed by atoms with E-state index in [1.54, 1.807) is 55.1 Å². The number of aryl methyl sites for hydroxylation is 1. The van der Waals surface area contributed by atoms with Gasteiger partial charge in [0.2, 0.25) is 0 Å². The van der Waals surface area contributed by atoms with E-state index in [1.807, 2.05) is 0 Å². The zero-order chi connectivity index (χ0) is 18.3. The molecule has 4 rings (SSSR count). The number of hydrogen-bond acceptors (Lipinski definition) is 4. The summed E-state index contributed by atoms with van der Waals surface area (Å²) >= 11 is 0. The van der Waals surface area contributed by atoms with Crippen LogP contribution < -0.4 is 4.74 Å². The van der Waals surface area contributed by atoms with Gasteiger partial charge < -0.3 is 9.15 Å². The number of rotatable bonds is 4. The topological polar surface area (TPSA) is 53.1 Å². The second-order valence-corrected chi connectivity index (χ2v) is 5.77. The van der Waals surface area contributed by atoms with Crippen LogP contribution in [0.2, 0.25) is 0 Å². The standard InChI is InChI=1S/C19H15F2N3O2/c1-11-17-14(18(20)21)10-15(16-4-3-9-26-16)22-19(17)24(23-11)12-5-7-13(25-2)8-6-12/h3-10,18H,1-2H3. The first-order valence-electron chi connectivity index (χ1n) is 7.95. The summed E-state index contributed by atoms with van der Waals surface area (Å²) in [4.78, 5) is 4.54. The van der Waals surface area contributed by atoms with Crippen molar-refractivity contribution in [2.45, 2.75) is 13.3 Å². The van der Waals surface area contributed by atoms with Crippen molar-refractivity contribution in [1.82, 2.24) is 14.8 Å². The smallest absolute Gasteiger partial charge is 0.264 e. The van der Waals surface area contributed by atoms with Crippen LogP contribution in [-0.4, -0.2) is 21.9 Å². The van der Waals surface area contributed by atoms with Gasteiger partial charge in [-0.15, -0.1) is 0 Å². The molecule has 132 valence electrons. The summed E-state index contributed by atoms with van der Waals surface area (Å²) in [6.07, 6.45) is -1.17. The van der Waals surface area contributed by atoms with Crippen LogP contribution in [0.25, 0.3) is 28.2 Å². The molecule has 0 saturated heterocycles. The number of ether oxygens (including phenoxy) is 1. The minimum Gasteiger partial charge on any atom is -0.497 e. The highest BCUT2D eigenvalue weighted by atomic mass is 19.3. The van der Waals surface area contributed by atoms with Crippen LogP contribution in [-0.2, 0) is 0 Å². The lowest BCUT2D eigenvalue weighted by Crippen LogP contribution is -1.99. The second kappa shape index (κ2) is 6.25. The third-order valence-corrected chi connectivity index (χ3v) is 4.17. The number of halogens is 2. The van der Waals surface area contributed by atoms with Gasteiger partial charge in [-0.05, 0) is 49.4 Å². The van der Waals surface area contributed by atoms with Gasteiger partial charge >= 0.3 is 0 Å². The number of furan rings is 1. The summed E-state index contributed by atoms with van der Waals surface area (Å²) in [5.74, 6) is 1.12. The molecule has 0 fully saturated rings. The molecular formula is C19H15F2N3O2. The molecule has 5 nitrogen and oxygen atoms in total. The Hall–Kier alpha value is -3.22. The van der Waals surface area contributed by atoms with Crippen molar-refractivity contribution < 1.29 is 17.9 Å². The van der Waals surface area contributed by atoms with E-state index in [0.717, 1.165) is 0 Å². The van der Waals surface area contributed by atoms with Crippen LogP contribution in [0.3, 0.4) is 0 Å². The average molecular weight is 355 g/mol. The van der Waals surface area contributed by atoms with Crippen LogP contribution in [0, 0.1) is 6.92 Å². The molecule has 0 bridgehead atoms. The van der Waals surface area contributed by atoms with Crippen molar-refractivity contribution in [2.75, 3.05) is 7.11 Å². The molecule has 0 N–H and O–H groups in total. The molecule has 0 aliphatic carbocycles. The van der Waals surface area contributed by atoms with Gasteiger partial charge in [0.25, 0.3) is 6.43 Å². The number of hydrogen-bond donors (Lipinski definition) is 0. The molecule has 0 aliphatic heterocycles. The van der Waals surface area contributed by atoms with Crippen LogP contribution in [0.15, 0.2) is 53.1 Å². The highest BCUT2D eigenvalue weighted by Crippen LogP contribution is 2.34. The van der Waals surface area contributed by atoms with E-state index >= 15 is 0 Å². The number of methoxy groups -OCH3 is 1. The van der Waals surface area contributed by atoms with Crippen LogP contribution in [0.1, 0.15) is 17.7 Å². The molecule has 0 amide bonds. The van der Waals surface area contributed by atoms with E-state index in [0.29, 0.717) is 39.6 Å². The monoisotopic (exact) mass is 355 g/mol. The van der Waals surface area contributed by atoms with Gasteiger partial charge in [-0.3, -0.25) is 0 Å². The van der Waals surface area contributed by atoms with E-state index in [9.17, 15) is 8.78 Å². The third kappa shape index (κ3) is 2.61. The SMILES string of the molecule is COc1ccc(-n2nc(C)c3c(C(F)F)cc(-c4ccco4)nc32)cc1. The molecule has 3 aromatic heterocycles. The molecule has 0 unspecified atom stereocenters. The quantitative estimate of drug-likeness (QED) is 0.521. The maximum atomic E-state index is 13.7. The minimum atomic E-state index is -2.65. The van der Waals surface area contributed by atoms with Crippen LogP contribution in [0.5, 0.6) is 5.75 Å². The summed E-state index contributed by atoms with van der Waals surface area (Å²) in [7, 11) is 1.58. The zero-order valence-corrected chi connectivity index (χ0v) is 14.1. The van der Waals surface area contributed by atoms with Crippen LogP contribution in [0.4, 0.5) is 8.78 Å². The number of benzene rings is 1. The fourth-order valence-corrected chi connectivity index (χ4v) is 2.95. The Morgan fingerprint density at radius 1 is 1.15 bits per heavy atom. The number of aromatic nitrogens is 3. The Morgan fingerprint density at radius 3 is 2.54 bits per heavy atom. The summed E-state index contributed by atoms with van der Waals surface area (Å²) in [5.41, 5.74) is 1.78. The fourth-order valence-electron chi connectivity index (χ4n) is 2.95. The predicted molar refractivity (Wildman–Crippen MR) is 92.8 cm³/mol. The number of alkyl halides is 2. The number of nitrogens with zero attached hydrogens (tertiary/aromatic N) is 3. The normalized spacial score (nSPS) is 11.4. The third-order valence-electron chi connectivity index (χ3n) is 4.17. The fraction of sp³-hybridized carbons (Fsp3) is 0.158. The molecule has 0 radical (unpaired) electrons. The lowest BCUT2D eigenvalue weighted by Gasteiger charge is -2.08. The predicted octanol–water partition coefficient (Wildman–Crippen LogP) is 4.94. The summed E-state index contributed by atoms with van der Waals surface area (Å²) in [6.45, 7) is 1.70. The highest BCUT2D eigenvalue weighted by Gasteiger charge is 2.22. The first kappa shape index (κ1) is 16.3. The maximum Gasteiger partial charge on any atom is 0.264 e. The van der Waals surface area contributed by atoms with Gasteiger partial charge in [0.05, 0.1) is 30.1 Å². The Kier molecular flexibility index (Phi) is 3.91. The molecular weight excluding hydrogens is 340 g/mol. The van der Waals surface area contributed by atoms with Gasteiger partial charge in [-0.2, -0.15) is 5.10 Å². The van der Waals surface area contributed by atoms with Crippen LogP contribution >= 0.6 is 0 Å². The summed E-state index contributed by atoms with van der Waals surface area (Å²) in [5, 5.41) is 4.78. The molecule has 0 aliphatic rings. The summed E-state index contributed by atoms with van der Waals surface area (Å²) in [6, 6.07) is 11.9. The van der Waals surface area contributed by atoms with Crippen molar-refractivity contribution in [1.29, 1.82) is 0 Å². The molecule has 4 aromatic rings. The van der Waals surface area contributed by atoms with Crippen molar-refractivity contribution in [3.8, 4) is 22.9 Å². The number of fused-ring (bicyclic) bond motifs is 1. The second-order valence-electron chi connectivity index (χ2n) is 5.77. The van der Waals surface area contributed by atoms with E-state index in [4.69, 9.17) is 9.15 Å². The van der Waals surface area contributed by atoms with E-state index < -0.39 is 6.43 Å².